The molecule has 7 aromatic carbocycles. The number of hydrogen-bond acceptors (Lipinski definition) is 2. The molecule has 0 saturated carbocycles. The van der Waals surface area contributed by atoms with Gasteiger partial charge in [0.05, 0.1) is 22.4 Å². The van der Waals surface area contributed by atoms with E-state index in [1.807, 2.05) is 48.5 Å². The van der Waals surface area contributed by atoms with E-state index >= 15 is 0 Å². The van der Waals surface area contributed by atoms with Gasteiger partial charge in [-0.2, -0.15) is 0 Å². The molecular weight excluding hydrogens is 643 g/mol. The molecule has 9 aromatic rings. The molecule has 0 radical (unpaired) electrons. The monoisotopic (exact) mass is 677 g/mol. The Labute approximate surface area is 308 Å². The van der Waals surface area contributed by atoms with Crippen LogP contribution in [0.4, 0.5) is 0 Å². The molecule has 0 bridgehead atoms. The SMILES string of the molecule is C=C/C(c1cc(-c2ccccc2)nc(-c2ccc(-c3cccc(-c4ccc(-n5c6ccccc6c6ccccc65)cc4)c3)cc2)n1)=c1/ccccc1=C. The van der Waals surface area contributed by atoms with Gasteiger partial charge in [-0.15, -0.1) is 0 Å². The van der Waals surface area contributed by atoms with E-state index in [2.05, 4.69) is 157 Å². The number of para-hydroxylation sites is 2. The van der Waals surface area contributed by atoms with Crippen molar-refractivity contribution in [2.75, 3.05) is 0 Å². The Hall–Kier alpha value is -7.10. The second-order valence-corrected chi connectivity index (χ2v) is 13.2. The predicted molar refractivity (Wildman–Crippen MR) is 222 cm³/mol. The quantitative estimate of drug-likeness (QED) is 0.168. The number of aromatic nitrogens is 3. The van der Waals surface area contributed by atoms with Gasteiger partial charge < -0.3 is 4.57 Å². The highest BCUT2D eigenvalue weighted by Crippen LogP contribution is 2.34. The molecule has 2 heterocycles. The van der Waals surface area contributed by atoms with Crippen LogP contribution in [0.2, 0.25) is 0 Å². The first-order valence-electron chi connectivity index (χ1n) is 17.8. The summed E-state index contributed by atoms with van der Waals surface area (Å²) in [5, 5.41) is 4.46. The van der Waals surface area contributed by atoms with E-state index in [1.54, 1.807) is 0 Å². The van der Waals surface area contributed by atoms with Crippen LogP contribution in [-0.2, 0) is 0 Å². The Morgan fingerprint density at radius 3 is 1.66 bits per heavy atom. The maximum Gasteiger partial charge on any atom is 0.160 e. The number of allylic oxidation sites excluding steroid dienone is 1. The van der Waals surface area contributed by atoms with Gasteiger partial charge in [0.15, 0.2) is 5.82 Å². The van der Waals surface area contributed by atoms with E-state index in [-0.39, 0.29) is 0 Å². The average molecular weight is 678 g/mol. The third-order valence-electron chi connectivity index (χ3n) is 9.96. The highest BCUT2D eigenvalue weighted by atomic mass is 15.0. The van der Waals surface area contributed by atoms with Crippen LogP contribution in [0.5, 0.6) is 0 Å². The molecule has 3 heteroatoms. The molecule has 0 amide bonds. The third kappa shape index (κ3) is 5.94. The van der Waals surface area contributed by atoms with Gasteiger partial charge >= 0.3 is 0 Å². The van der Waals surface area contributed by atoms with Crippen LogP contribution in [0, 0.1) is 0 Å². The molecule has 0 aliphatic heterocycles. The van der Waals surface area contributed by atoms with Gasteiger partial charge in [0, 0.05) is 33.2 Å². The fourth-order valence-electron chi connectivity index (χ4n) is 7.30. The Bertz CT molecular complexity index is 2850. The number of rotatable bonds is 7. The third-order valence-corrected chi connectivity index (χ3v) is 9.96. The number of benzene rings is 7. The van der Waals surface area contributed by atoms with E-state index < -0.39 is 0 Å². The van der Waals surface area contributed by atoms with Crippen molar-refractivity contribution in [2.45, 2.75) is 0 Å². The van der Waals surface area contributed by atoms with Crippen molar-refractivity contribution >= 4 is 34.0 Å². The van der Waals surface area contributed by atoms with Gasteiger partial charge in [-0.3, -0.25) is 0 Å². The van der Waals surface area contributed by atoms with Crippen molar-refractivity contribution in [1.82, 2.24) is 14.5 Å². The highest BCUT2D eigenvalue weighted by molar-refractivity contribution is 6.09. The molecule has 0 aliphatic carbocycles. The lowest BCUT2D eigenvalue weighted by atomic mass is 9.98. The second-order valence-electron chi connectivity index (χ2n) is 13.2. The fourth-order valence-corrected chi connectivity index (χ4v) is 7.30. The summed E-state index contributed by atoms with van der Waals surface area (Å²) < 4.78 is 2.35. The molecule has 0 spiro atoms. The van der Waals surface area contributed by atoms with Gasteiger partial charge in [-0.05, 0) is 69.1 Å². The zero-order valence-corrected chi connectivity index (χ0v) is 29.2. The van der Waals surface area contributed by atoms with Crippen LogP contribution in [0.25, 0.3) is 84.5 Å². The lowest BCUT2D eigenvalue weighted by molar-refractivity contribution is 1.15. The predicted octanol–water partition coefficient (Wildman–Crippen LogP) is 11.0. The minimum Gasteiger partial charge on any atom is -0.309 e. The number of nitrogens with zero attached hydrogens (tertiary/aromatic N) is 3. The summed E-state index contributed by atoms with van der Waals surface area (Å²) in [6.07, 6.45) is 1.86. The van der Waals surface area contributed by atoms with Crippen molar-refractivity contribution in [2.24, 2.45) is 0 Å². The average Bonchev–Trinajstić information content (AvgIpc) is 3.57. The molecule has 250 valence electrons. The minimum absolute atomic E-state index is 0.658. The molecule has 0 atom stereocenters. The van der Waals surface area contributed by atoms with Gasteiger partial charge in [0.2, 0.25) is 0 Å². The Morgan fingerprint density at radius 1 is 0.472 bits per heavy atom. The molecule has 0 unspecified atom stereocenters. The van der Waals surface area contributed by atoms with Gasteiger partial charge in [-0.25, -0.2) is 9.97 Å². The molecule has 0 fully saturated rings. The van der Waals surface area contributed by atoms with Crippen molar-refractivity contribution < 1.29 is 0 Å². The van der Waals surface area contributed by atoms with Crippen LogP contribution in [0.1, 0.15) is 5.69 Å². The van der Waals surface area contributed by atoms with Gasteiger partial charge in [0.1, 0.15) is 0 Å². The molecule has 9 rings (SSSR count). The zero-order chi connectivity index (χ0) is 35.7. The van der Waals surface area contributed by atoms with Crippen LogP contribution in [0.3, 0.4) is 0 Å². The molecule has 3 nitrogen and oxygen atoms in total. The van der Waals surface area contributed by atoms with Crippen molar-refractivity contribution in [3.8, 4) is 50.6 Å². The Morgan fingerprint density at radius 2 is 1.02 bits per heavy atom. The van der Waals surface area contributed by atoms with E-state index in [1.165, 1.54) is 32.9 Å². The van der Waals surface area contributed by atoms with Gasteiger partial charge in [-0.1, -0.05) is 165 Å². The summed E-state index contributed by atoms with van der Waals surface area (Å²) >= 11 is 0. The van der Waals surface area contributed by atoms with Crippen molar-refractivity contribution in [1.29, 1.82) is 0 Å². The maximum absolute atomic E-state index is 5.08. The van der Waals surface area contributed by atoms with Crippen LogP contribution in [0.15, 0.2) is 195 Å². The Kier molecular flexibility index (Phi) is 8.15. The number of hydrogen-bond donors (Lipinski definition) is 0. The summed E-state index contributed by atoms with van der Waals surface area (Å²) in [5.41, 5.74) is 12.7. The normalized spacial score (nSPS) is 11.8. The van der Waals surface area contributed by atoms with E-state index in [4.69, 9.17) is 9.97 Å². The maximum atomic E-state index is 5.08. The van der Waals surface area contributed by atoms with Crippen molar-refractivity contribution in [3.63, 3.8) is 0 Å². The first kappa shape index (κ1) is 31.9. The van der Waals surface area contributed by atoms with Crippen molar-refractivity contribution in [3.05, 3.63) is 211 Å². The van der Waals surface area contributed by atoms with Crippen LogP contribution >= 0.6 is 0 Å². The van der Waals surface area contributed by atoms with E-state index in [9.17, 15) is 0 Å². The lowest BCUT2D eigenvalue weighted by Crippen LogP contribution is -2.25. The molecule has 0 saturated heterocycles. The van der Waals surface area contributed by atoms with E-state index in [0.717, 1.165) is 55.3 Å². The second kappa shape index (κ2) is 13.6. The smallest absolute Gasteiger partial charge is 0.160 e. The highest BCUT2D eigenvalue weighted by Gasteiger charge is 2.14. The summed E-state index contributed by atoms with van der Waals surface area (Å²) in [6, 6.07) is 63.7. The zero-order valence-electron chi connectivity index (χ0n) is 29.2. The molecule has 2 aromatic heterocycles. The summed E-state index contributed by atoms with van der Waals surface area (Å²) in [6.45, 7) is 8.41. The molecular formula is C50H35N3. The first-order valence-corrected chi connectivity index (χ1v) is 17.8. The molecule has 53 heavy (non-hydrogen) atoms. The van der Waals surface area contributed by atoms with Crippen LogP contribution < -0.4 is 10.4 Å². The summed E-state index contributed by atoms with van der Waals surface area (Å²) in [7, 11) is 0. The molecule has 0 N–H and O–H groups in total. The van der Waals surface area contributed by atoms with Crippen LogP contribution in [-0.4, -0.2) is 14.5 Å². The first-order chi connectivity index (χ1) is 26.1. The standard InChI is InChI=1S/C50H35N3/c1-3-42(43-19-8-7-14-34(43)2)47-33-46(37-15-5-4-6-16-37)51-50(52-47)38-26-24-35(25-27-38)39-17-13-18-40(32-39)36-28-30-41(31-29-36)53-48-22-11-9-20-44(48)45-21-10-12-23-49(45)53/h3-33H,1-2H2/b43-42+. The fraction of sp³-hybridized carbons (Fsp3) is 0. The largest absolute Gasteiger partial charge is 0.309 e. The van der Waals surface area contributed by atoms with Gasteiger partial charge in [0.25, 0.3) is 0 Å². The van der Waals surface area contributed by atoms with E-state index in [0.29, 0.717) is 5.82 Å². The summed E-state index contributed by atoms with van der Waals surface area (Å²) in [5.74, 6) is 0.658. The Balaban J connectivity index is 1.05. The summed E-state index contributed by atoms with van der Waals surface area (Å²) in [4.78, 5) is 10.1. The number of fused-ring (bicyclic) bond motifs is 3. The topological polar surface area (TPSA) is 30.7 Å². The molecule has 0 aliphatic rings. The lowest BCUT2D eigenvalue weighted by Gasteiger charge is -2.11. The minimum atomic E-state index is 0.658.